The maximum atomic E-state index is 12.8. The van der Waals surface area contributed by atoms with Gasteiger partial charge >= 0.3 is 5.97 Å². The second-order valence-electron chi connectivity index (χ2n) is 7.46. The van der Waals surface area contributed by atoms with Crippen LogP contribution in [0.1, 0.15) is 43.2 Å². The molecule has 1 aliphatic heterocycles. The first-order valence-corrected chi connectivity index (χ1v) is 11.1. The van der Waals surface area contributed by atoms with Crippen molar-refractivity contribution < 1.29 is 19.4 Å². The minimum Gasteiger partial charge on any atom is -0.511 e. The molecule has 1 aliphatic rings. The van der Waals surface area contributed by atoms with Crippen molar-refractivity contribution in [3.8, 4) is 0 Å². The van der Waals surface area contributed by atoms with Gasteiger partial charge in [0.25, 0.3) is 0 Å². The summed E-state index contributed by atoms with van der Waals surface area (Å²) in [5.74, 6) is -0.0852. The third-order valence-corrected chi connectivity index (χ3v) is 6.32. The minimum atomic E-state index is -0.927. The number of cyclic esters (lactones) is 1. The third kappa shape index (κ3) is 5.66. The molecule has 30 heavy (non-hydrogen) atoms. The Bertz CT molecular complexity index is 898. The van der Waals surface area contributed by atoms with Crippen molar-refractivity contribution in [2.45, 2.75) is 44.1 Å². The molecule has 2 aromatic rings. The van der Waals surface area contributed by atoms with Gasteiger partial charge in [-0.1, -0.05) is 60.7 Å². The van der Waals surface area contributed by atoms with Crippen LogP contribution in [0.15, 0.2) is 71.3 Å². The number of unbranched alkanes of at least 4 members (excludes halogenated alkanes) is 1. The number of hydrogen-bond donors (Lipinski definition) is 2. The summed E-state index contributed by atoms with van der Waals surface area (Å²) in [6.07, 6.45) is 3.11. The lowest BCUT2D eigenvalue weighted by atomic mass is 9.83. The summed E-state index contributed by atoms with van der Waals surface area (Å²) in [4.78, 5) is 24.2. The summed E-state index contributed by atoms with van der Waals surface area (Å²) < 4.78 is 5.96. The molecule has 1 unspecified atom stereocenters. The fraction of sp³-hybridized carbons (Fsp3) is 0.333. The first-order valence-electron chi connectivity index (χ1n) is 10.2. The van der Waals surface area contributed by atoms with Crippen molar-refractivity contribution in [3.05, 3.63) is 82.5 Å². The van der Waals surface area contributed by atoms with Crippen LogP contribution in [0.2, 0.25) is 0 Å². The van der Waals surface area contributed by atoms with Gasteiger partial charge in [-0.15, -0.1) is 11.8 Å². The molecular formula is C24H27NO4S. The van der Waals surface area contributed by atoms with E-state index in [1.807, 2.05) is 60.7 Å². The number of thioether (sulfide) groups is 1. The molecule has 1 atom stereocenters. The molecule has 0 saturated heterocycles. The van der Waals surface area contributed by atoms with Crippen molar-refractivity contribution in [3.63, 3.8) is 0 Å². The highest BCUT2D eigenvalue weighted by Crippen LogP contribution is 2.43. The Morgan fingerprint density at radius 1 is 1.07 bits per heavy atom. The fourth-order valence-electron chi connectivity index (χ4n) is 3.68. The molecule has 158 valence electrons. The monoisotopic (exact) mass is 425 g/mol. The molecule has 0 aliphatic carbocycles. The molecule has 1 amide bonds. The number of aliphatic hydroxyl groups is 1. The van der Waals surface area contributed by atoms with Gasteiger partial charge in [-0.25, -0.2) is 4.79 Å². The van der Waals surface area contributed by atoms with Gasteiger partial charge in [-0.3, -0.25) is 4.79 Å². The van der Waals surface area contributed by atoms with E-state index in [9.17, 15) is 14.7 Å². The third-order valence-electron chi connectivity index (χ3n) is 5.22. The van der Waals surface area contributed by atoms with Crippen LogP contribution in [0.3, 0.4) is 0 Å². The number of aliphatic hydroxyl groups excluding tert-OH is 1. The molecule has 0 radical (unpaired) electrons. The maximum Gasteiger partial charge on any atom is 0.348 e. The number of carbonyl (C=O) groups is 2. The predicted molar refractivity (Wildman–Crippen MR) is 119 cm³/mol. The van der Waals surface area contributed by atoms with Crippen LogP contribution in [0.4, 0.5) is 0 Å². The Labute approximate surface area is 181 Å². The maximum absolute atomic E-state index is 12.8. The van der Waals surface area contributed by atoms with Crippen LogP contribution in [0, 0.1) is 0 Å². The number of rotatable bonds is 10. The second kappa shape index (κ2) is 10.3. The van der Waals surface area contributed by atoms with Crippen LogP contribution in [-0.2, 0) is 26.3 Å². The van der Waals surface area contributed by atoms with Gasteiger partial charge in [-0.05, 0) is 36.8 Å². The van der Waals surface area contributed by atoms with E-state index >= 15 is 0 Å². The number of aryl methyl sites for hydroxylation is 1. The summed E-state index contributed by atoms with van der Waals surface area (Å²) in [6.45, 7) is 0. The number of benzene rings is 2. The molecular weight excluding hydrogens is 398 g/mol. The number of esters is 1. The molecule has 0 spiro atoms. The first-order chi connectivity index (χ1) is 14.5. The second-order valence-corrected chi connectivity index (χ2v) is 8.57. The predicted octanol–water partition coefficient (Wildman–Crippen LogP) is 4.62. The Hall–Kier alpha value is -2.73. The van der Waals surface area contributed by atoms with Gasteiger partial charge in [-0.2, -0.15) is 0 Å². The molecule has 3 N–H and O–H groups in total. The van der Waals surface area contributed by atoms with Crippen molar-refractivity contribution in [2.24, 2.45) is 5.73 Å². The van der Waals surface area contributed by atoms with Crippen molar-refractivity contribution >= 4 is 23.6 Å². The Balaban J connectivity index is 1.72. The van der Waals surface area contributed by atoms with E-state index in [2.05, 4.69) is 0 Å². The van der Waals surface area contributed by atoms with Crippen molar-refractivity contribution in [2.75, 3.05) is 5.75 Å². The van der Waals surface area contributed by atoms with Gasteiger partial charge in [0.05, 0.1) is 6.42 Å². The molecule has 0 fully saturated rings. The lowest BCUT2D eigenvalue weighted by Crippen LogP contribution is -2.37. The molecule has 6 heteroatoms. The SMILES string of the molecule is NC(=O)CCCCC1(c2ccccc2)CC(O)=C(SCCc2ccccc2)C(=O)O1. The summed E-state index contributed by atoms with van der Waals surface area (Å²) >= 11 is 1.33. The normalized spacial score (nSPS) is 18.9. The van der Waals surface area contributed by atoms with Gasteiger partial charge in [0.15, 0.2) is 0 Å². The molecule has 3 rings (SSSR count). The number of amides is 1. The Morgan fingerprint density at radius 2 is 1.73 bits per heavy atom. The van der Waals surface area contributed by atoms with E-state index in [0.717, 1.165) is 12.0 Å². The summed E-state index contributed by atoms with van der Waals surface area (Å²) in [5.41, 5.74) is 6.33. The first kappa shape index (κ1) is 22.0. The molecule has 0 saturated carbocycles. The number of nitrogens with two attached hydrogens (primary N) is 1. The van der Waals surface area contributed by atoms with Crippen LogP contribution in [0.5, 0.6) is 0 Å². The van der Waals surface area contributed by atoms with Crippen LogP contribution in [0.25, 0.3) is 0 Å². The lowest BCUT2D eigenvalue weighted by Gasteiger charge is -2.37. The highest BCUT2D eigenvalue weighted by Gasteiger charge is 2.43. The van der Waals surface area contributed by atoms with Crippen LogP contribution < -0.4 is 5.73 Å². The number of ether oxygens (including phenoxy) is 1. The van der Waals surface area contributed by atoms with Crippen molar-refractivity contribution in [1.82, 2.24) is 0 Å². The smallest absolute Gasteiger partial charge is 0.348 e. The minimum absolute atomic E-state index is 0.0723. The zero-order chi connectivity index (χ0) is 21.4. The van der Waals surface area contributed by atoms with Crippen LogP contribution in [-0.4, -0.2) is 22.7 Å². The molecule has 2 aromatic carbocycles. The van der Waals surface area contributed by atoms with Gasteiger partial charge in [0.2, 0.25) is 5.91 Å². The summed E-state index contributed by atoms with van der Waals surface area (Å²) in [6, 6.07) is 19.5. The van der Waals surface area contributed by atoms with E-state index < -0.39 is 11.6 Å². The number of primary amides is 1. The van der Waals surface area contributed by atoms with Crippen LogP contribution >= 0.6 is 11.8 Å². The standard InChI is InChI=1S/C24H27NO4S/c25-21(27)13-7-8-15-24(19-11-5-2-6-12-19)17-20(26)22(23(28)29-24)30-16-14-18-9-3-1-4-10-18/h1-6,9-12,26H,7-8,13-17H2,(H2,25,27). The Morgan fingerprint density at radius 3 is 2.37 bits per heavy atom. The highest BCUT2D eigenvalue weighted by molar-refractivity contribution is 8.04. The van der Waals surface area contributed by atoms with E-state index in [0.29, 0.717) is 31.4 Å². The van der Waals surface area contributed by atoms with Gasteiger partial charge in [0, 0.05) is 12.2 Å². The molecule has 0 aromatic heterocycles. The van der Waals surface area contributed by atoms with Crippen molar-refractivity contribution in [1.29, 1.82) is 0 Å². The zero-order valence-electron chi connectivity index (χ0n) is 16.9. The molecule has 0 bridgehead atoms. The Kier molecular flexibility index (Phi) is 7.57. The highest BCUT2D eigenvalue weighted by atomic mass is 32.2. The average Bonchev–Trinajstić information content (AvgIpc) is 2.74. The van der Waals surface area contributed by atoms with E-state index in [-0.39, 0.29) is 23.0 Å². The quantitative estimate of drug-likeness (QED) is 0.428. The van der Waals surface area contributed by atoms with E-state index in [4.69, 9.17) is 10.5 Å². The van der Waals surface area contributed by atoms with E-state index in [1.165, 1.54) is 17.3 Å². The largest absolute Gasteiger partial charge is 0.511 e. The zero-order valence-corrected chi connectivity index (χ0v) is 17.7. The molecule has 5 nitrogen and oxygen atoms in total. The summed E-state index contributed by atoms with van der Waals surface area (Å²) in [7, 11) is 0. The van der Waals surface area contributed by atoms with Gasteiger partial charge < -0.3 is 15.6 Å². The van der Waals surface area contributed by atoms with Gasteiger partial charge in [0.1, 0.15) is 16.3 Å². The average molecular weight is 426 g/mol. The number of carbonyl (C=O) groups excluding carboxylic acids is 2. The summed E-state index contributed by atoms with van der Waals surface area (Å²) in [5, 5.41) is 10.8. The molecule has 1 heterocycles. The number of hydrogen-bond acceptors (Lipinski definition) is 5. The van der Waals surface area contributed by atoms with E-state index in [1.54, 1.807) is 0 Å². The lowest BCUT2D eigenvalue weighted by molar-refractivity contribution is -0.160. The topological polar surface area (TPSA) is 89.6 Å². The fourth-order valence-corrected chi connectivity index (χ4v) is 4.62.